The molecule has 0 aliphatic rings. The van der Waals surface area contributed by atoms with Gasteiger partial charge in [0.1, 0.15) is 26.5 Å². The number of thiophene rings is 1. The molecule has 0 saturated carbocycles. The summed E-state index contributed by atoms with van der Waals surface area (Å²) in [5, 5.41) is 25.9. The predicted octanol–water partition coefficient (Wildman–Crippen LogP) is 5.03. The fourth-order valence-electron chi connectivity index (χ4n) is 2.92. The molecule has 34 heavy (non-hydrogen) atoms. The Balaban J connectivity index is 1.91. The number of nitriles is 1. The standard InChI is InChI=1S/C22H18N4O6S2/c1-4-32-21(27)17-12(2)18(22(28)31-3)34-20(17)24-10-14(9-23)19-25-16(11-33-19)13-5-7-15(8-6-13)26(29)30/h5-8,10-11,24H,4H2,1-3H3/b14-10+. The second-order valence-corrected chi connectivity index (χ2v) is 8.51. The van der Waals surface area contributed by atoms with Crippen LogP contribution in [0.1, 0.15) is 37.5 Å². The number of aromatic nitrogens is 1. The van der Waals surface area contributed by atoms with E-state index in [1.165, 1.54) is 36.8 Å². The molecule has 0 atom stereocenters. The first kappa shape index (κ1) is 24.6. The van der Waals surface area contributed by atoms with Crippen LogP contribution >= 0.6 is 22.7 Å². The highest BCUT2D eigenvalue weighted by atomic mass is 32.1. The largest absolute Gasteiger partial charge is 0.465 e. The number of carbonyl (C=O) groups is 2. The quantitative estimate of drug-likeness (QED) is 0.196. The van der Waals surface area contributed by atoms with Gasteiger partial charge in [-0.25, -0.2) is 14.6 Å². The number of methoxy groups -OCH3 is 1. The van der Waals surface area contributed by atoms with Crippen molar-refractivity contribution in [1.29, 1.82) is 5.26 Å². The van der Waals surface area contributed by atoms with Crippen LogP contribution < -0.4 is 5.32 Å². The molecule has 3 aromatic rings. The number of rotatable bonds is 8. The Labute approximate surface area is 202 Å². The van der Waals surface area contributed by atoms with Crippen molar-refractivity contribution < 1.29 is 24.0 Å². The topological polar surface area (TPSA) is 144 Å². The molecule has 3 rings (SSSR count). The first-order chi connectivity index (χ1) is 16.3. The van der Waals surface area contributed by atoms with Gasteiger partial charge >= 0.3 is 11.9 Å². The highest BCUT2D eigenvalue weighted by Crippen LogP contribution is 2.35. The lowest BCUT2D eigenvalue weighted by molar-refractivity contribution is -0.384. The minimum atomic E-state index is -0.601. The molecule has 0 aliphatic heterocycles. The lowest BCUT2D eigenvalue weighted by Gasteiger charge is -2.05. The molecule has 1 N–H and O–H groups in total. The number of carbonyl (C=O) groups excluding carboxylic acids is 2. The number of esters is 2. The Morgan fingerprint density at radius 2 is 2.00 bits per heavy atom. The number of nitro benzene ring substituents is 1. The van der Waals surface area contributed by atoms with Crippen LogP contribution in [0.3, 0.4) is 0 Å². The number of thiazole rings is 1. The predicted molar refractivity (Wildman–Crippen MR) is 128 cm³/mol. The van der Waals surface area contributed by atoms with Gasteiger partial charge in [0.2, 0.25) is 0 Å². The molecule has 2 heterocycles. The molecule has 0 fully saturated rings. The monoisotopic (exact) mass is 498 g/mol. The number of allylic oxidation sites excluding steroid dienone is 1. The summed E-state index contributed by atoms with van der Waals surface area (Å²) in [4.78, 5) is 39.6. The number of anilines is 1. The summed E-state index contributed by atoms with van der Waals surface area (Å²) in [5.41, 5.74) is 1.99. The summed E-state index contributed by atoms with van der Waals surface area (Å²) < 4.78 is 9.89. The number of hydrogen-bond acceptors (Lipinski definition) is 11. The number of nitrogens with zero attached hydrogens (tertiary/aromatic N) is 3. The smallest absolute Gasteiger partial charge is 0.348 e. The van der Waals surface area contributed by atoms with Crippen LogP contribution in [0.15, 0.2) is 35.8 Å². The zero-order valence-corrected chi connectivity index (χ0v) is 19.9. The SMILES string of the molecule is CCOC(=O)c1c(N/C=C(\C#N)c2nc(-c3ccc([N+](=O)[O-])cc3)cs2)sc(C(=O)OC)c1C. The maximum atomic E-state index is 12.5. The molecular weight excluding hydrogens is 480 g/mol. The first-order valence-electron chi connectivity index (χ1n) is 9.77. The van der Waals surface area contributed by atoms with Gasteiger partial charge in [-0.15, -0.1) is 22.7 Å². The number of nitro groups is 1. The molecule has 0 saturated heterocycles. The van der Waals surface area contributed by atoms with E-state index in [4.69, 9.17) is 9.47 Å². The number of nitrogens with one attached hydrogen (secondary N) is 1. The maximum absolute atomic E-state index is 12.5. The maximum Gasteiger partial charge on any atom is 0.348 e. The number of hydrogen-bond donors (Lipinski definition) is 1. The van der Waals surface area contributed by atoms with Crippen LogP contribution in [0.25, 0.3) is 16.8 Å². The fraction of sp³-hybridized carbons (Fsp3) is 0.182. The Kier molecular flexibility index (Phi) is 7.72. The van der Waals surface area contributed by atoms with Crippen LogP contribution in [-0.4, -0.2) is 35.6 Å². The normalized spacial score (nSPS) is 10.9. The van der Waals surface area contributed by atoms with Crippen molar-refractivity contribution in [3.05, 3.63) is 67.0 Å². The number of ether oxygens (including phenoxy) is 2. The molecule has 0 spiro atoms. The highest BCUT2D eigenvalue weighted by Gasteiger charge is 2.26. The molecule has 0 amide bonds. The van der Waals surface area contributed by atoms with Crippen molar-refractivity contribution in [2.24, 2.45) is 0 Å². The van der Waals surface area contributed by atoms with E-state index in [-0.39, 0.29) is 28.3 Å². The zero-order valence-electron chi connectivity index (χ0n) is 18.3. The summed E-state index contributed by atoms with van der Waals surface area (Å²) in [7, 11) is 1.25. The Hall–Kier alpha value is -4.08. The third kappa shape index (κ3) is 5.11. The zero-order chi connectivity index (χ0) is 24.8. The van der Waals surface area contributed by atoms with E-state index in [9.17, 15) is 25.0 Å². The summed E-state index contributed by atoms with van der Waals surface area (Å²) in [5.74, 6) is -1.19. The third-order valence-electron chi connectivity index (χ3n) is 4.57. The van der Waals surface area contributed by atoms with E-state index in [0.29, 0.717) is 26.8 Å². The highest BCUT2D eigenvalue weighted by molar-refractivity contribution is 7.18. The van der Waals surface area contributed by atoms with E-state index in [1.807, 2.05) is 0 Å². The van der Waals surface area contributed by atoms with Crippen LogP contribution in [0.2, 0.25) is 0 Å². The molecule has 0 radical (unpaired) electrons. The second-order valence-electron chi connectivity index (χ2n) is 6.63. The van der Waals surface area contributed by atoms with E-state index >= 15 is 0 Å². The molecule has 0 aliphatic carbocycles. The van der Waals surface area contributed by atoms with Gasteiger partial charge < -0.3 is 14.8 Å². The minimum Gasteiger partial charge on any atom is -0.465 e. The van der Waals surface area contributed by atoms with Gasteiger partial charge in [0, 0.05) is 29.3 Å². The van der Waals surface area contributed by atoms with Crippen LogP contribution in [0.5, 0.6) is 0 Å². The number of non-ortho nitro benzene ring substituents is 1. The van der Waals surface area contributed by atoms with Crippen molar-refractivity contribution >= 4 is 50.9 Å². The van der Waals surface area contributed by atoms with E-state index in [2.05, 4.69) is 16.4 Å². The van der Waals surface area contributed by atoms with E-state index in [1.54, 1.807) is 31.4 Å². The van der Waals surface area contributed by atoms with Crippen molar-refractivity contribution in [1.82, 2.24) is 4.98 Å². The Morgan fingerprint density at radius 3 is 2.59 bits per heavy atom. The molecule has 174 valence electrons. The van der Waals surface area contributed by atoms with E-state index in [0.717, 1.165) is 11.3 Å². The van der Waals surface area contributed by atoms with E-state index < -0.39 is 16.9 Å². The van der Waals surface area contributed by atoms with Gasteiger partial charge in [-0.1, -0.05) is 0 Å². The first-order valence-corrected chi connectivity index (χ1v) is 11.5. The average molecular weight is 499 g/mol. The molecule has 12 heteroatoms. The average Bonchev–Trinajstić information content (AvgIpc) is 3.44. The van der Waals surface area contributed by atoms with Crippen LogP contribution in [-0.2, 0) is 9.47 Å². The van der Waals surface area contributed by atoms with Gasteiger partial charge in [0.15, 0.2) is 0 Å². The lowest BCUT2D eigenvalue weighted by atomic mass is 10.1. The van der Waals surface area contributed by atoms with Gasteiger partial charge in [0.25, 0.3) is 5.69 Å². The number of benzene rings is 1. The fourth-order valence-corrected chi connectivity index (χ4v) is 4.79. The van der Waals surface area contributed by atoms with Crippen LogP contribution in [0, 0.1) is 28.4 Å². The lowest BCUT2D eigenvalue weighted by Crippen LogP contribution is -2.08. The van der Waals surface area contributed by atoms with Crippen molar-refractivity contribution in [3.63, 3.8) is 0 Å². The van der Waals surface area contributed by atoms with Gasteiger partial charge in [-0.05, 0) is 31.5 Å². The summed E-state index contributed by atoms with van der Waals surface area (Å²) in [6, 6.07) is 7.99. The Morgan fingerprint density at radius 1 is 1.29 bits per heavy atom. The summed E-state index contributed by atoms with van der Waals surface area (Å²) >= 11 is 2.23. The van der Waals surface area contributed by atoms with Crippen molar-refractivity contribution in [3.8, 4) is 17.3 Å². The molecular formula is C22H18N4O6S2. The van der Waals surface area contributed by atoms with Crippen LogP contribution in [0.4, 0.5) is 10.7 Å². The minimum absolute atomic E-state index is 0.0315. The summed E-state index contributed by atoms with van der Waals surface area (Å²) in [6.45, 7) is 3.45. The molecule has 0 bridgehead atoms. The third-order valence-corrected chi connectivity index (χ3v) is 6.65. The second kappa shape index (κ2) is 10.7. The Bertz CT molecular complexity index is 1320. The molecule has 0 unspecified atom stereocenters. The molecule has 2 aromatic heterocycles. The molecule has 1 aromatic carbocycles. The van der Waals surface area contributed by atoms with Gasteiger partial charge in [-0.3, -0.25) is 10.1 Å². The molecule has 10 nitrogen and oxygen atoms in total. The summed E-state index contributed by atoms with van der Waals surface area (Å²) in [6.07, 6.45) is 1.40. The van der Waals surface area contributed by atoms with Crippen molar-refractivity contribution in [2.45, 2.75) is 13.8 Å². The van der Waals surface area contributed by atoms with Gasteiger partial charge in [-0.2, -0.15) is 5.26 Å². The van der Waals surface area contributed by atoms with Crippen molar-refractivity contribution in [2.75, 3.05) is 19.0 Å². The van der Waals surface area contributed by atoms with Gasteiger partial charge in [0.05, 0.1) is 29.9 Å².